The zero-order valence-electron chi connectivity index (χ0n) is 11.9. The van der Waals surface area contributed by atoms with Crippen LogP contribution in [0.2, 0.25) is 0 Å². The van der Waals surface area contributed by atoms with Crippen molar-refractivity contribution in [1.29, 1.82) is 0 Å². The summed E-state index contributed by atoms with van der Waals surface area (Å²) in [5.41, 5.74) is 7.79. The van der Waals surface area contributed by atoms with E-state index in [1.54, 1.807) is 17.6 Å². The highest BCUT2D eigenvalue weighted by Crippen LogP contribution is 2.38. The van der Waals surface area contributed by atoms with E-state index in [2.05, 4.69) is 34.7 Å². The maximum atomic E-state index is 6.44. The Morgan fingerprint density at radius 2 is 2.30 bits per heavy atom. The summed E-state index contributed by atoms with van der Waals surface area (Å²) in [4.78, 5) is 2.54. The fraction of sp³-hybridized carbons (Fsp3) is 0.500. The average Bonchev–Trinajstić information content (AvgIpc) is 2.94. The molecule has 1 fully saturated rings. The van der Waals surface area contributed by atoms with Crippen LogP contribution in [0.3, 0.4) is 0 Å². The van der Waals surface area contributed by atoms with E-state index in [0.29, 0.717) is 12.1 Å². The maximum absolute atomic E-state index is 6.44. The predicted molar refractivity (Wildman–Crippen MR) is 82.6 cm³/mol. The molecule has 2 N–H and O–H groups in total. The predicted octanol–water partition coefficient (Wildman–Crippen LogP) is 3.78. The molecule has 108 valence electrons. The largest absolute Gasteiger partial charge is 0.468 e. The third-order valence-corrected chi connectivity index (χ3v) is 4.75. The van der Waals surface area contributed by atoms with E-state index in [9.17, 15) is 0 Å². The molecule has 1 aliphatic carbocycles. The summed E-state index contributed by atoms with van der Waals surface area (Å²) >= 11 is 1.75. The van der Waals surface area contributed by atoms with Gasteiger partial charge in [0, 0.05) is 12.1 Å². The monoisotopic (exact) mass is 290 g/mol. The standard InChI is InChI=1S/C16H22N2OS/c1-2-15(17)16(12-7-9-20-11-12)18(13-5-6-13)10-14-4-3-8-19-14/h3-4,7-9,11,13,15-16H,2,5-6,10,17H2,1H3. The van der Waals surface area contributed by atoms with Crippen molar-refractivity contribution >= 4 is 11.3 Å². The molecule has 2 unspecified atom stereocenters. The lowest BCUT2D eigenvalue weighted by molar-refractivity contribution is 0.140. The van der Waals surface area contributed by atoms with E-state index in [4.69, 9.17) is 10.2 Å². The Balaban J connectivity index is 1.85. The van der Waals surface area contributed by atoms with Crippen molar-refractivity contribution in [3.05, 3.63) is 46.5 Å². The fourth-order valence-electron chi connectivity index (χ4n) is 2.79. The normalized spacial score (nSPS) is 18.4. The van der Waals surface area contributed by atoms with E-state index < -0.39 is 0 Å². The van der Waals surface area contributed by atoms with Crippen LogP contribution in [0.4, 0.5) is 0 Å². The van der Waals surface area contributed by atoms with Gasteiger partial charge in [0.2, 0.25) is 0 Å². The molecule has 4 heteroatoms. The minimum absolute atomic E-state index is 0.167. The summed E-state index contributed by atoms with van der Waals surface area (Å²) in [5.74, 6) is 1.03. The van der Waals surface area contributed by atoms with Gasteiger partial charge in [0.25, 0.3) is 0 Å². The highest BCUT2D eigenvalue weighted by atomic mass is 32.1. The van der Waals surface area contributed by atoms with E-state index in [1.807, 2.05) is 6.07 Å². The second kappa shape index (κ2) is 6.12. The Morgan fingerprint density at radius 3 is 2.85 bits per heavy atom. The number of nitrogens with zero attached hydrogens (tertiary/aromatic N) is 1. The van der Waals surface area contributed by atoms with Gasteiger partial charge in [-0.25, -0.2) is 0 Å². The minimum Gasteiger partial charge on any atom is -0.468 e. The molecule has 0 amide bonds. The molecular formula is C16H22N2OS. The lowest BCUT2D eigenvalue weighted by atomic mass is 9.98. The van der Waals surface area contributed by atoms with Crippen LogP contribution in [0.15, 0.2) is 39.6 Å². The van der Waals surface area contributed by atoms with Crippen LogP contribution in [0.25, 0.3) is 0 Å². The lowest BCUT2D eigenvalue weighted by Gasteiger charge is -2.34. The zero-order chi connectivity index (χ0) is 13.9. The number of nitrogens with two attached hydrogens (primary N) is 1. The van der Waals surface area contributed by atoms with Gasteiger partial charge in [0.05, 0.1) is 18.8 Å². The first kappa shape index (κ1) is 13.9. The van der Waals surface area contributed by atoms with Gasteiger partial charge in [-0.3, -0.25) is 4.90 Å². The number of hydrogen-bond donors (Lipinski definition) is 1. The van der Waals surface area contributed by atoms with Crippen LogP contribution < -0.4 is 5.73 Å². The van der Waals surface area contributed by atoms with Gasteiger partial charge in [0.1, 0.15) is 5.76 Å². The SMILES string of the molecule is CCC(N)C(c1ccsc1)N(Cc1ccco1)C1CC1. The first-order valence-electron chi connectivity index (χ1n) is 7.35. The number of rotatable bonds is 7. The molecule has 0 aromatic carbocycles. The molecule has 2 heterocycles. The van der Waals surface area contributed by atoms with Crippen LogP contribution in [0, 0.1) is 0 Å². The van der Waals surface area contributed by atoms with Gasteiger partial charge >= 0.3 is 0 Å². The molecule has 0 aliphatic heterocycles. The molecule has 0 saturated heterocycles. The Kier molecular flexibility index (Phi) is 4.24. The second-order valence-corrected chi connectivity index (χ2v) is 6.34. The Bertz CT molecular complexity index is 505. The maximum Gasteiger partial charge on any atom is 0.117 e. The van der Waals surface area contributed by atoms with Gasteiger partial charge < -0.3 is 10.2 Å². The van der Waals surface area contributed by atoms with Gasteiger partial charge in [0.15, 0.2) is 0 Å². The van der Waals surface area contributed by atoms with Gasteiger partial charge in [-0.2, -0.15) is 11.3 Å². The van der Waals surface area contributed by atoms with E-state index >= 15 is 0 Å². The molecule has 1 aliphatic rings. The lowest BCUT2D eigenvalue weighted by Crippen LogP contribution is -2.41. The van der Waals surface area contributed by atoms with E-state index in [-0.39, 0.29) is 6.04 Å². The summed E-state index contributed by atoms with van der Waals surface area (Å²) in [6, 6.07) is 7.34. The quantitative estimate of drug-likeness (QED) is 0.843. The molecule has 1 saturated carbocycles. The third kappa shape index (κ3) is 2.97. The first-order chi connectivity index (χ1) is 9.79. The minimum atomic E-state index is 0.167. The highest BCUT2D eigenvalue weighted by Gasteiger charge is 2.37. The van der Waals surface area contributed by atoms with Crippen molar-refractivity contribution < 1.29 is 4.42 Å². The van der Waals surface area contributed by atoms with E-state index in [0.717, 1.165) is 18.7 Å². The van der Waals surface area contributed by atoms with Crippen molar-refractivity contribution in [3.8, 4) is 0 Å². The number of hydrogen-bond acceptors (Lipinski definition) is 4. The van der Waals surface area contributed by atoms with Crippen molar-refractivity contribution in [2.24, 2.45) is 5.73 Å². The molecule has 0 radical (unpaired) electrons. The third-order valence-electron chi connectivity index (χ3n) is 4.05. The van der Waals surface area contributed by atoms with Gasteiger partial charge in [-0.15, -0.1) is 0 Å². The molecule has 0 spiro atoms. The topological polar surface area (TPSA) is 42.4 Å². The van der Waals surface area contributed by atoms with Crippen molar-refractivity contribution in [3.63, 3.8) is 0 Å². The van der Waals surface area contributed by atoms with Crippen LogP contribution in [0.1, 0.15) is 43.6 Å². The molecule has 2 atom stereocenters. The molecular weight excluding hydrogens is 268 g/mol. The molecule has 3 nitrogen and oxygen atoms in total. The summed E-state index contributed by atoms with van der Waals surface area (Å²) in [5, 5.41) is 4.38. The van der Waals surface area contributed by atoms with Crippen LogP contribution in [-0.2, 0) is 6.54 Å². The highest BCUT2D eigenvalue weighted by molar-refractivity contribution is 7.07. The second-order valence-electron chi connectivity index (χ2n) is 5.56. The Morgan fingerprint density at radius 1 is 1.45 bits per heavy atom. The fourth-order valence-corrected chi connectivity index (χ4v) is 3.48. The molecule has 20 heavy (non-hydrogen) atoms. The molecule has 3 rings (SSSR count). The number of thiophene rings is 1. The van der Waals surface area contributed by atoms with Gasteiger partial charge in [-0.1, -0.05) is 6.92 Å². The number of furan rings is 1. The van der Waals surface area contributed by atoms with Crippen LogP contribution in [-0.4, -0.2) is 17.0 Å². The van der Waals surface area contributed by atoms with Gasteiger partial charge in [-0.05, 0) is 53.8 Å². The van der Waals surface area contributed by atoms with E-state index in [1.165, 1.54) is 18.4 Å². The first-order valence-corrected chi connectivity index (χ1v) is 8.29. The molecule has 2 aromatic rings. The van der Waals surface area contributed by atoms with Crippen LogP contribution >= 0.6 is 11.3 Å². The molecule has 0 bridgehead atoms. The van der Waals surface area contributed by atoms with Crippen molar-refractivity contribution in [2.45, 2.75) is 50.9 Å². The summed E-state index contributed by atoms with van der Waals surface area (Å²) in [6.07, 6.45) is 5.29. The van der Waals surface area contributed by atoms with Crippen LogP contribution in [0.5, 0.6) is 0 Å². The average molecular weight is 290 g/mol. The summed E-state index contributed by atoms with van der Waals surface area (Å²) in [7, 11) is 0. The smallest absolute Gasteiger partial charge is 0.117 e. The van der Waals surface area contributed by atoms with Crippen molar-refractivity contribution in [1.82, 2.24) is 4.90 Å². The summed E-state index contributed by atoms with van der Waals surface area (Å²) < 4.78 is 5.54. The molecule has 2 aromatic heterocycles. The zero-order valence-corrected chi connectivity index (χ0v) is 12.7. The Labute approximate surface area is 124 Å². The Hall–Kier alpha value is -1.10. The van der Waals surface area contributed by atoms with Crippen molar-refractivity contribution in [2.75, 3.05) is 0 Å². The summed E-state index contributed by atoms with van der Waals surface area (Å²) in [6.45, 7) is 3.02.